The average Bonchev–Trinajstić information content (AvgIpc) is 3.20. The molecule has 6 nitrogen and oxygen atoms in total. The number of imide groups is 1. The highest BCUT2D eigenvalue weighted by Gasteiger charge is 2.34. The molecule has 2 aliphatic heterocycles. The Morgan fingerprint density at radius 2 is 1.41 bits per heavy atom. The Hall–Kier alpha value is -3.93. The van der Waals surface area contributed by atoms with Crippen molar-refractivity contribution in [3.05, 3.63) is 101 Å². The number of nitrogens with zero attached hydrogens (tertiary/aromatic N) is 2. The lowest BCUT2D eigenvalue weighted by atomic mass is 9.91. The van der Waals surface area contributed by atoms with E-state index < -0.39 is 0 Å². The van der Waals surface area contributed by atoms with Gasteiger partial charge in [0.2, 0.25) is 0 Å². The molecule has 2 aliphatic rings. The molecule has 0 bridgehead atoms. The van der Waals surface area contributed by atoms with Crippen LogP contribution in [0, 0.1) is 5.92 Å². The van der Waals surface area contributed by atoms with Crippen molar-refractivity contribution in [2.24, 2.45) is 5.92 Å². The molecule has 37 heavy (non-hydrogen) atoms. The van der Waals surface area contributed by atoms with Gasteiger partial charge in [0.25, 0.3) is 17.7 Å². The van der Waals surface area contributed by atoms with Gasteiger partial charge in [-0.15, -0.1) is 0 Å². The van der Waals surface area contributed by atoms with E-state index >= 15 is 0 Å². The molecular formula is C31H32N2O4. The number of fused-ring (bicyclic) bond motifs is 1. The fourth-order valence-corrected chi connectivity index (χ4v) is 5.19. The van der Waals surface area contributed by atoms with E-state index in [2.05, 4.69) is 0 Å². The fourth-order valence-electron chi connectivity index (χ4n) is 5.19. The maximum Gasteiger partial charge on any atom is 0.261 e. The molecule has 190 valence electrons. The number of hydrogen-bond donors (Lipinski definition) is 0. The summed E-state index contributed by atoms with van der Waals surface area (Å²) in [6, 6.07) is 24.4. The van der Waals surface area contributed by atoms with Gasteiger partial charge in [0.1, 0.15) is 12.4 Å². The molecule has 0 atom stereocenters. The van der Waals surface area contributed by atoms with Crippen LogP contribution in [0.2, 0.25) is 0 Å². The normalized spacial score (nSPS) is 15.7. The van der Waals surface area contributed by atoms with Gasteiger partial charge in [0.15, 0.2) is 0 Å². The molecule has 2 heterocycles. The second-order valence-electron chi connectivity index (χ2n) is 9.84. The minimum atomic E-state index is -0.178. The van der Waals surface area contributed by atoms with Gasteiger partial charge in [0, 0.05) is 25.2 Å². The average molecular weight is 497 g/mol. The second-order valence-corrected chi connectivity index (χ2v) is 9.84. The van der Waals surface area contributed by atoms with Crippen LogP contribution in [-0.4, -0.2) is 47.2 Å². The Bertz CT molecular complexity index is 1210. The molecule has 0 N–H and O–H groups in total. The van der Waals surface area contributed by atoms with Crippen molar-refractivity contribution < 1.29 is 19.1 Å². The van der Waals surface area contributed by atoms with Crippen molar-refractivity contribution in [1.29, 1.82) is 0 Å². The molecule has 3 aromatic rings. The first kappa shape index (κ1) is 24.8. The maximum atomic E-state index is 13.0. The SMILES string of the molecule is O=C(c1ccc(OCc2ccccc2)cc1)N1CCC(CCCCN2C(=O)c3ccccc3C2=O)CC1. The molecule has 3 amide bonds. The maximum absolute atomic E-state index is 13.0. The molecular weight excluding hydrogens is 464 g/mol. The van der Waals surface area contributed by atoms with E-state index in [1.807, 2.05) is 59.5 Å². The van der Waals surface area contributed by atoms with Crippen molar-refractivity contribution >= 4 is 17.7 Å². The lowest BCUT2D eigenvalue weighted by Gasteiger charge is -2.32. The van der Waals surface area contributed by atoms with Gasteiger partial charge in [-0.1, -0.05) is 55.3 Å². The molecule has 1 saturated heterocycles. The molecule has 0 spiro atoms. The zero-order chi connectivity index (χ0) is 25.6. The topological polar surface area (TPSA) is 66.9 Å². The van der Waals surface area contributed by atoms with E-state index in [-0.39, 0.29) is 17.7 Å². The van der Waals surface area contributed by atoms with E-state index in [4.69, 9.17) is 4.74 Å². The van der Waals surface area contributed by atoms with Crippen molar-refractivity contribution in [2.45, 2.75) is 38.7 Å². The summed E-state index contributed by atoms with van der Waals surface area (Å²) in [4.78, 5) is 41.3. The number of ether oxygens (including phenoxy) is 1. The van der Waals surface area contributed by atoms with Gasteiger partial charge in [-0.2, -0.15) is 0 Å². The molecule has 6 heteroatoms. The van der Waals surface area contributed by atoms with Crippen LogP contribution < -0.4 is 4.74 Å². The number of carbonyl (C=O) groups is 3. The summed E-state index contributed by atoms with van der Waals surface area (Å²) >= 11 is 0. The van der Waals surface area contributed by atoms with Gasteiger partial charge in [0.05, 0.1) is 11.1 Å². The number of amides is 3. The van der Waals surface area contributed by atoms with Crippen LogP contribution in [0.3, 0.4) is 0 Å². The van der Waals surface area contributed by atoms with Crippen LogP contribution in [0.25, 0.3) is 0 Å². The molecule has 0 aromatic heterocycles. The fraction of sp³-hybridized carbons (Fsp3) is 0.323. The Morgan fingerprint density at radius 1 is 0.784 bits per heavy atom. The largest absolute Gasteiger partial charge is 0.489 e. The summed E-state index contributed by atoms with van der Waals surface area (Å²) < 4.78 is 5.83. The number of rotatable bonds is 9. The van der Waals surface area contributed by atoms with Crippen molar-refractivity contribution in [3.8, 4) is 5.75 Å². The molecule has 0 saturated carbocycles. The molecule has 0 unspecified atom stereocenters. The van der Waals surface area contributed by atoms with Crippen molar-refractivity contribution in [2.75, 3.05) is 19.6 Å². The number of hydrogen-bond acceptors (Lipinski definition) is 4. The van der Waals surface area contributed by atoms with E-state index in [1.165, 1.54) is 4.90 Å². The predicted octanol–water partition coefficient (Wildman–Crippen LogP) is 5.58. The first-order valence-corrected chi connectivity index (χ1v) is 13.1. The smallest absolute Gasteiger partial charge is 0.261 e. The Labute approximate surface area is 217 Å². The summed E-state index contributed by atoms with van der Waals surface area (Å²) in [5, 5.41) is 0. The van der Waals surface area contributed by atoms with E-state index in [0.717, 1.165) is 56.5 Å². The third-order valence-electron chi connectivity index (χ3n) is 7.37. The van der Waals surface area contributed by atoms with Gasteiger partial charge in [-0.3, -0.25) is 19.3 Å². The minimum Gasteiger partial charge on any atom is -0.489 e. The molecule has 0 aliphatic carbocycles. The lowest BCUT2D eigenvalue weighted by Crippen LogP contribution is -2.38. The van der Waals surface area contributed by atoms with Crippen molar-refractivity contribution in [1.82, 2.24) is 9.80 Å². The van der Waals surface area contributed by atoms with E-state index in [9.17, 15) is 14.4 Å². The summed E-state index contributed by atoms with van der Waals surface area (Å²) in [5.74, 6) is 1.03. The predicted molar refractivity (Wildman–Crippen MR) is 142 cm³/mol. The quantitative estimate of drug-likeness (QED) is 0.286. The number of benzene rings is 3. The van der Waals surface area contributed by atoms with E-state index in [0.29, 0.717) is 35.8 Å². The number of unbranched alkanes of at least 4 members (excludes halogenated alkanes) is 1. The highest BCUT2D eigenvalue weighted by atomic mass is 16.5. The summed E-state index contributed by atoms with van der Waals surface area (Å²) in [6.45, 7) is 2.48. The first-order chi connectivity index (χ1) is 18.1. The monoisotopic (exact) mass is 496 g/mol. The van der Waals surface area contributed by atoms with Crippen LogP contribution >= 0.6 is 0 Å². The summed E-state index contributed by atoms with van der Waals surface area (Å²) in [5.41, 5.74) is 2.82. The van der Waals surface area contributed by atoms with Gasteiger partial charge < -0.3 is 9.64 Å². The number of piperidine rings is 1. The van der Waals surface area contributed by atoms with Crippen LogP contribution in [0.15, 0.2) is 78.9 Å². The Balaban J connectivity index is 1.02. The zero-order valence-electron chi connectivity index (χ0n) is 21.0. The van der Waals surface area contributed by atoms with E-state index in [1.54, 1.807) is 24.3 Å². The highest BCUT2D eigenvalue weighted by molar-refractivity contribution is 6.21. The molecule has 0 radical (unpaired) electrons. The zero-order valence-corrected chi connectivity index (χ0v) is 21.0. The second kappa shape index (κ2) is 11.4. The Morgan fingerprint density at radius 3 is 2.05 bits per heavy atom. The third kappa shape index (κ3) is 5.74. The van der Waals surface area contributed by atoms with Crippen LogP contribution in [0.4, 0.5) is 0 Å². The van der Waals surface area contributed by atoms with Crippen LogP contribution in [0.5, 0.6) is 5.75 Å². The number of carbonyl (C=O) groups excluding carboxylic acids is 3. The Kier molecular flexibility index (Phi) is 7.64. The standard InChI is InChI=1S/C31H32N2O4/c34-29(25-13-15-26(16-14-25)37-22-24-9-2-1-3-10-24)32-20-17-23(18-21-32)8-6-7-19-33-30(35)27-11-4-5-12-28(27)31(33)36/h1-5,9-16,23H,6-8,17-22H2. The molecule has 5 rings (SSSR count). The number of likely N-dealkylation sites (tertiary alicyclic amines) is 1. The third-order valence-corrected chi connectivity index (χ3v) is 7.37. The van der Waals surface area contributed by atoms with Gasteiger partial charge in [-0.05, 0) is 67.1 Å². The first-order valence-electron chi connectivity index (χ1n) is 13.1. The van der Waals surface area contributed by atoms with Crippen LogP contribution in [-0.2, 0) is 6.61 Å². The highest BCUT2D eigenvalue weighted by Crippen LogP contribution is 2.26. The summed E-state index contributed by atoms with van der Waals surface area (Å²) in [7, 11) is 0. The van der Waals surface area contributed by atoms with Gasteiger partial charge >= 0.3 is 0 Å². The van der Waals surface area contributed by atoms with Gasteiger partial charge in [-0.25, -0.2) is 0 Å². The molecule has 1 fully saturated rings. The van der Waals surface area contributed by atoms with Crippen LogP contribution in [0.1, 0.15) is 68.7 Å². The summed E-state index contributed by atoms with van der Waals surface area (Å²) in [6.07, 6.45) is 4.80. The minimum absolute atomic E-state index is 0.0682. The molecule has 3 aromatic carbocycles. The lowest BCUT2D eigenvalue weighted by molar-refractivity contribution is 0.0650. The van der Waals surface area contributed by atoms with Crippen molar-refractivity contribution in [3.63, 3.8) is 0 Å².